The van der Waals surface area contributed by atoms with Crippen molar-refractivity contribution in [3.63, 3.8) is 0 Å². The molecule has 0 bridgehead atoms. The molecule has 0 aliphatic carbocycles. The van der Waals surface area contributed by atoms with Crippen molar-refractivity contribution in [1.29, 1.82) is 0 Å². The Balaban J connectivity index is 1.47. The van der Waals surface area contributed by atoms with Crippen LogP contribution < -0.4 is 5.32 Å². The van der Waals surface area contributed by atoms with E-state index >= 15 is 0 Å². The summed E-state index contributed by atoms with van der Waals surface area (Å²) in [5, 5.41) is 4.70. The van der Waals surface area contributed by atoms with Gasteiger partial charge in [0.25, 0.3) is 0 Å². The van der Waals surface area contributed by atoms with E-state index in [4.69, 9.17) is 9.47 Å². The smallest absolute Gasteiger partial charge is 0.244 e. The third-order valence-electron chi connectivity index (χ3n) is 2.95. The second kappa shape index (κ2) is 8.84. The molecular weight excluding hydrogens is 276 g/mol. The number of nitrogens with one attached hydrogen (secondary N) is 1. The predicted molar refractivity (Wildman–Crippen MR) is 78.6 cm³/mol. The number of rotatable bonds is 8. The van der Waals surface area contributed by atoms with Crippen LogP contribution in [0.15, 0.2) is 17.0 Å². The summed E-state index contributed by atoms with van der Waals surface area (Å²) in [7, 11) is 0. The average Bonchev–Trinajstić information content (AvgIpc) is 3.13. The maximum absolute atomic E-state index is 11.5. The van der Waals surface area contributed by atoms with Gasteiger partial charge < -0.3 is 14.8 Å². The van der Waals surface area contributed by atoms with E-state index in [2.05, 4.69) is 10.3 Å². The van der Waals surface area contributed by atoms with E-state index in [0.717, 1.165) is 31.6 Å². The molecule has 2 rings (SSSR count). The molecule has 5 nitrogen and oxygen atoms in total. The molecule has 1 aliphatic heterocycles. The SMILES string of the molecule is O=C(/C=C/c1cscn1)NCCCOC[C@H]1CCCO1. The zero-order valence-electron chi connectivity index (χ0n) is 11.4. The fourth-order valence-electron chi connectivity index (χ4n) is 1.90. The van der Waals surface area contributed by atoms with Crippen molar-refractivity contribution in [1.82, 2.24) is 10.3 Å². The van der Waals surface area contributed by atoms with Crippen molar-refractivity contribution in [3.05, 3.63) is 22.7 Å². The van der Waals surface area contributed by atoms with Crippen molar-refractivity contribution in [2.45, 2.75) is 25.4 Å². The van der Waals surface area contributed by atoms with Gasteiger partial charge in [0.15, 0.2) is 0 Å². The van der Waals surface area contributed by atoms with Gasteiger partial charge in [-0.15, -0.1) is 11.3 Å². The van der Waals surface area contributed by atoms with Crippen molar-refractivity contribution in [2.75, 3.05) is 26.4 Å². The van der Waals surface area contributed by atoms with Crippen LogP contribution in [0, 0.1) is 0 Å². The van der Waals surface area contributed by atoms with Crippen LogP contribution >= 0.6 is 11.3 Å². The molecule has 1 aromatic heterocycles. The third-order valence-corrected chi connectivity index (χ3v) is 3.55. The Labute approximate surface area is 123 Å². The van der Waals surface area contributed by atoms with E-state index in [0.29, 0.717) is 19.8 Å². The summed E-state index contributed by atoms with van der Waals surface area (Å²) in [4.78, 5) is 15.6. The lowest BCUT2D eigenvalue weighted by Gasteiger charge is -2.09. The van der Waals surface area contributed by atoms with Crippen LogP contribution in [0.2, 0.25) is 0 Å². The number of nitrogens with zero attached hydrogens (tertiary/aromatic N) is 1. The molecule has 2 heterocycles. The van der Waals surface area contributed by atoms with E-state index in [1.165, 1.54) is 17.4 Å². The molecule has 110 valence electrons. The van der Waals surface area contributed by atoms with Gasteiger partial charge in [0.1, 0.15) is 0 Å². The highest BCUT2D eigenvalue weighted by atomic mass is 32.1. The van der Waals surface area contributed by atoms with Crippen LogP contribution in [0.5, 0.6) is 0 Å². The minimum atomic E-state index is -0.0999. The third kappa shape index (κ3) is 5.81. The van der Waals surface area contributed by atoms with E-state index in [1.54, 1.807) is 11.6 Å². The minimum Gasteiger partial charge on any atom is -0.379 e. The minimum absolute atomic E-state index is 0.0999. The molecule has 1 saturated heterocycles. The Kier molecular flexibility index (Phi) is 6.70. The van der Waals surface area contributed by atoms with Crippen LogP contribution in [0.25, 0.3) is 6.08 Å². The Morgan fingerprint density at radius 1 is 1.65 bits per heavy atom. The zero-order chi connectivity index (χ0) is 14.0. The first-order chi connectivity index (χ1) is 9.84. The summed E-state index contributed by atoms with van der Waals surface area (Å²) in [5.41, 5.74) is 2.55. The number of ether oxygens (including phenoxy) is 2. The van der Waals surface area contributed by atoms with Crippen molar-refractivity contribution < 1.29 is 14.3 Å². The number of carbonyl (C=O) groups is 1. The van der Waals surface area contributed by atoms with Crippen molar-refractivity contribution >= 4 is 23.3 Å². The lowest BCUT2D eigenvalue weighted by atomic mass is 10.2. The summed E-state index contributed by atoms with van der Waals surface area (Å²) in [5.74, 6) is -0.0999. The molecule has 6 heteroatoms. The molecule has 1 atom stereocenters. The predicted octanol–water partition coefficient (Wildman–Crippen LogP) is 1.86. The lowest BCUT2D eigenvalue weighted by molar-refractivity contribution is -0.116. The van der Waals surface area contributed by atoms with Gasteiger partial charge in [0, 0.05) is 31.2 Å². The Bertz CT molecular complexity index is 414. The molecule has 20 heavy (non-hydrogen) atoms. The first-order valence-electron chi connectivity index (χ1n) is 6.88. The van der Waals surface area contributed by atoms with Crippen LogP contribution in [0.1, 0.15) is 25.0 Å². The van der Waals surface area contributed by atoms with Crippen molar-refractivity contribution in [2.24, 2.45) is 0 Å². The van der Waals surface area contributed by atoms with Gasteiger partial charge in [-0.2, -0.15) is 0 Å². The van der Waals surface area contributed by atoms with Gasteiger partial charge in [-0.1, -0.05) is 0 Å². The second-order valence-corrected chi connectivity index (χ2v) is 5.32. The van der Waals surface area contributed by atoms with E-state index in [-0.39, 0.29) is 12.0 Å². The highest BCUT2D eigenvalue weighted by molar-refractivity contribution is 7.07. The first kappa shape index (κ1) is 15.2. The molecule has 1 aliphatic rings. The quantitative estimate of drug-likeness (QED) is 0.587. The van der Waals surface area contributed by atoms with Gasteiger partial charge in [-0.3, -0.25) is 4.79 Å². The number of thiazole rings is 1. The number of amides is 1. The maximum atomic E-state index is 11.5. The lowest BCUT2D eigenvalue weighted by Crippen LogP contribution is -2.23. The van der Waals surface area contributed by atoms with Gasteiger partial charge in [0.05, 0.1) is 23.9 Å². The molecule has 0 spiro atoms. The summed E-state index contributed by atoms with van der Waals surface area (Å²) < 4.78 is 11.0. The fraction of sp³-hybridized carbons (Fsp3) is 0.571. The summed E-state index contributed by atoms with van der Waals surface area (Å²) in [6.45, 7) is 2.79. The van der Waals surface area contributed by atoms with Crippen LogP contribution in [-0.2, 0) is 14.3 Å². The molecule has 1 N–H and O–H groups in total. The molecular formula is C14H20N2O3S. The first-order valence-corrected chi connectivity index (χ1v) is 7.82. The fourth-order valence-corrected chi connectivity index (χ4v) is 2.42. The van der Waals surface area contributed by atoms with Gasteiger partial charge in [-0.05, 0) is 25.3 Å². The molecule has 1 fully saturated rings. The monoisotopic (exact) mass is 296 g/mol. The van der Waals surface area contributed by atoms with E-state index in [9.17, 15) is 4.79 Å². The Morgan fingerprint density at radius 3 is 3.35 bits per heavy atom. The molecule has 1 aromatic rings. The molecule has 1 amide bonds. The standard InChI is InChI=1S/C14H20N2O3S/c17-14(5-4-12-10-20-11-16-12)15-6-2-7-18-9-13-3-1-8-19-13/h4-5,10-11,13H,1-3,6-9H2,(H,15,17)/b5-4+/t13-/m1/s1. The normalized spacial score (nSPS) is 18.7. The van der Waals surface area contributed by atoms with Crippen LogP contribution in [-0.4, -0.2) is 43.4 Å². The second-order valence-electron chi connectivity index (χ2n) is 4.60. The highest BCUT2D eigenvalue weighted by Crippen LogP contribution is 2.11. The summed E-state index contributed by atoms with van der Waals surface area (Å²) in [6.07, 6.45) is 6.52. The number of hydrogen-bond donors (Lipinski definition) is 1. The molecule has 0 radical (unpaired) electrons. The van der Waals surface area contributed by atoms with E-state index in [1.807, 2.05) is 5.38 Å². The Morgan fingerprint density at radius 2 is 2.60 bits per heavy atom. The largest absolute Gasteiger partial charge is 0.379 e. The van der Waals surface area contributed by atoms with Gasteiger partial charge in [-0.25, -0.2) is 4.98 Å². The van der Waals surface area contributed by atoms with Crippen molar-refractivity contribution in [3.8, 4) is 0 Å². The molecule has 0 unspecified atom stereocenters. The highest BCUT2D eigenvalue weighted by Gasteiger charge is 2.14. The summed E-state index contributed by atoms with van der Waals surface area (Å²) >= 11 is 1.51. The van der Waals surface area contributed by atoms with Gasteiger partial charge >= 0.3 is 0 Å². The average molecular weight is 296 g/mol. The van der Waals surface area contributed by atoms with Crippen LogP contribution in [0.4, 0.5) is 0 Å². The van der Waals surface area contributed by atoms with Gasteiger partial charge in [0.2, 0.25) is 5.91 Å². The number of aromatic nitrogens is 1. The molecule has 0 aromatic carbocycles. The Hall–Kier alpha value is -1.24. The van der Waals surface area contributed by atoms with E-state index < -0.39 is 0 Å². The zero-order valence-corrected chi connectivity index (χ0v) is 12.2. The van der Waals surface area contributed by atoms with Crippen LogP contribution in [0.3, 0.4) is 0 Å². The molecule has 0 saturated carbocycles. The number of hydrogen-bond acceptors (Lipinski definition) is 5. The maximum Gasteiger partial charge on any atom is 0.244 e. The number of carbonyl (C=O) groups excluding carboxylic acids is 1. The summed E-state index contributed by atoms with van der Waals surface area (Å²) in [6, 6.07) is 0. The topological polar surface area (TPSA) is 60.5 Å².